The maximum absolute atomic E-state index is 13.9. The number of anilines is 1. The smallest absolute Gasteiger partial charge is 0.262 e. The van der Waals surface area contributed by atoms with Crippen LogP contribution < -0.4 is 19.7 Å². The molecule has 9 nitrogen and oxygen atoms in total. The minimum atomic E-state index is -3.90. The molecule has 2 aliphatic heterocycles. The highest BCUT2D eigenvalue weighted by molar-refractivity contribution is 7.89. The number of carbonyl (C=O) groups excluding carboxylic acids is 2. The molecule has 5 rings (SSSR count). The highest BCUT2D eigenvalue weighted by Crippen LogP contribution is 2.36. The maximum Gasteiger partial charge on any atom is 0.262 e. The van der Waals surface area contributed by atoms with Gasteiger partial charge in [-0.25, -0.2) is 8.42 Å². The van der Waals surface area contributed by atoms with Crippen LogP contribution in [0, 0.1) is 5.92 Å². The van der Waals surface area contributed by atoms with Crippen molar-refractivity contribution in [3.8, 4) is 11.5 Å². The lowest BCUT2D eigenvalue weighted by molar-refractivity contribution is -0.129. The lowest BCUT2D eigenvalue weighted by atomic mass is 9.97. The van der Waals surface area contributed by atoms with E-state index >= 15 is 0 Å². The predicted molar refractivity (Wildman–Crippen MR) is 160 cm³/mol. The topological polar surface area (TPSA) is 105 Å². The number of halogens is 1. The SMILES string of the molecule is CCOc1ccc(S(=O)(=O)N2CCC[C@H](C(=O)N3C[C@H](C(=O)NCCc4ccccc4)Oc4ccccc43)C2)cc1Cl. The molecule has 1 saturated heterocycles. The van der Waals surface area contributed by atoms with E-state index in [0.717, 1.165) is 5.56 Å². The molecule has 3 aromatic rings. The second-order valence-electron chi connectivity index (χ2n) is 10.3. The minimum Gasteiger partial charge on any atom is -0.492 e. The Labute approximate surface area is 251 Å². The number of nitrogens with zero attached hydrogens (tertiary/aromatic N) is 2. The molecule has 222 valence electrons. The van der Waals surface area contributed by atoms with Crippen LogP contribution in [0.4, 0.5) is 5.69 Å². The Balaban J connectivity index is 1.29. The van der Waals surface area contributed by atoms with Gasteiger partial charge in [0.1, 0.15) is 11.5 Å². The fraction of sp³-hybridized carbons (Fsp3) is 0.355. The Bertz CT molecular complexity index is 1530. The first kappa shape index (κ1) is 29.9. The van der Waals surface area contributed by atoms with Crippen LogP contribution in [0.15, 0.2) is 77.7 Å². The van der Waals surface area contributed by atoms with Crippen LogP contribution in [-0.4, -0.2) is 63.4 Å². The zero-order chi connectivity index (χ0) is 29.7. The molecule has 1 N–H and O–H groups in total. The van der Waals surface area contributed by atoms with E-state index < -0.39 is 22.0 Å². The summed E-state index contributed by atoms with van der Waals surface area (Å²) in [6.45, 7) is 3.01. The van der Waals surface area contributed by atoms with Crippen LogP contribution in [0.3, 0.4) is 0 Å². The molecule has 0 saturated carbocycles. The van der Waals surface area contributed by atoms with E-state index in [4.69, 9.17) is 21.1 Å². The normalized spacial score (nSPS) is 19.0. The zero-order valence-corrected chi connectivity index (χ0v) is 24.9. The number of carbonyl (C=O) groups is 2. The predicted octanol–water partition coefficient (Wildman–Crippen LogP) is 4.29. The molecule has 11 heteroatoms. The fourth-order valence-corrected chi connectivity index (χ4v) is 7.16. The van der Waals surface area contributed by atoms with Crippen molar-refractivity contribution in [2.45, 2.75) is 37.2 Å². The number of hydrogen-bond donors (Lipinski definition) is 1. The maximum atomic E-state index is 13.9. The highest BCUT2D eigenvalue weighted by Gasteiger charge is 2.39. The fourth-order valence-electron chi connectivity index (χ4n) is 5.31. The number of fused-ring (bicyclic) bond motifs is 1. The number of ether oxygens (including phenoxy) is 2. The Morgan fingerprint density at radius 3 is 2.57 bits per heavy atom. The molecule has 2 atom stereocenters. The molecule has 0 bridgehead atoms. The van der Waals surface area contributed by atoms with Crippen molar-refractivity contribution in [3.05, 3.63) is 83.4 Å². The molecule has 0 aliphatic carbocycles. The minimum absolute atomic E-state index is 0.0272. The van der Waals surface area contributed by atoms with Crippen LogP contribution in [0.1, 0.15) is 25.3 Å². The van der Waals surface area contributed by atoms with Crippen molar-refractivity contribution < 1.29 is 27.5 Å². The van der Waals surface area contributed by atoms with Crippen LogP contribution in [0.2, 0.25) is 5.02 Å². The third-order valence-corrected chi connectivity index (χ3v) is 9.62. The molecule has 0 unspecified atom stereocenters. The van der Waals surface area contributed by atoms with E-state index in [1.54, 1.807) is 35.2 Å². The molecule has 42 heavy (non-hydrogen) atoms. The number of para-hydroxylation sites is 2. The number of benzene rings is 3. The first-order valence-corrected chi connectivity index (χ1v) is 15.9. The van der Waals surface area contributed by atoms with Crippen molar-refractivity contribution in [1.82, 2.24) is 9.62 Å². The molecular weight excluding hydrogens is 578 g/mol. The van der Waals surface area contributed by atoms with Gasteiger partial charge in [-0.15, -0.1) is 0 Å². The Morgan fingerprint density at radius 2 is 1.81 bits per heavy atom. The van der Waals surface area contributed by atoms with Crippen LogP contribution >= 0.6 is 11.6 Å². The van der Waals surface area contributed by atoms with Crippen LogP contribution in [-0.2, 0) is 26.0 Å². The number of nitrogens with one attached hydrogen (secondary N) is 1. The molecule has 1 fully saturated rings. The second-order valence-corrected chi connectivity index (χ2v) is 12.6. The average molecular weight is 612 g/mol. The highest BCUT2D eigenvalue weighted by atomic mass is 35.5. The van der Waals surface area contributed by atoms with Gasteiger partial charge < -0.3 is 19.7 Å². The monoisotopic (exact) mass is 611 g/mol. The van der Waals surface area contributed by atoms with E-state index in [1.807, 2.05) is 37.3 Å². The summed E-state index contributed by atoms with van der Waals surface area (Å²) < 4.78 is 39.8. The lowest BCUT2D eigenvalue weighted by Crippen LogP contribution is -2.54. The molecule has 2 heterocycles. The Hall–Kier alpha value is -3.60. The molecule has 2 amide bonds. The van der Waals surface area contributed by atoms with Gasteiger partial charge in [0.15, 0.2) is 6.10 Å². The number of rotatable bonds is 9. The van der Waals surface area contributed by atoms with Gasteiger partial charge in [-0.2, -0.15) is 4.31 Å². The van der Waals surface area contributed by atoms with Crippen molar-refractivity contribution >= 4 is 39.1 Å². The van der Waals surface area contributed by atoms with Gasteiger partial charge >= 0.3 is 0 Å². The molecule has 0 spiro atoms. The summed E-state index contributed by atoms with van der Waals surface area (Å²) in [7, 11) is -3.90. The first-order valence-electron chi connectivity index (χ1n) is 14.1. The Kier molecular flexibility index (Phi) is 9.35. The molecule has 0 aromatic heterocycles. The summed E-state index contributed by atoms with van der Waals surface area (Å²) in [4.78, 5) is 28.6. The van der Waals surface area contributed by atoms with Gasteiger partial charge in [0.25, 0.3) is 5.91 Å². The van der Waals surface area contributed by atoms with E-state index in [-0.39, 0.29) is 34.8 Å². The molecular formula is C31H34ClN3O6S. The molecule has 3 aromatic carbocycles. The number of piperidine rings is 1. The average Bonchev–Trinajstić information content (AvgIpc) is 3.01. The van der Waals surface area contributed by atoms with Crippen LogP contribution in [0.25, 0.3) is 0 Å². The molecule has 2 aliphatic rings. The van der Waals surface area contributed by atoms with Gasteiger partial charge in [-0.05, 0) is 62.1 Å². The van der Waals surface area contributed by atoms with Crippen molar-refractivity contribution in [1.29, 1.82) is 0 Å². The third kappa shape index (κ3) is 6.56. The molecule has 0 radical (unpaired) electrons. The zero-order valence-electron chi connectivity index (χ0n) is 23.4. The quantitative estimate of drug-likeness (QED) is 0.387. The largest absolute Gasteiger partial charge is 0.492 e. The van der Waals surface area contributed by atoms with Crippen molar-refractivity contribution in [3.63, 3.8) is 0 Å². The second kappa shape index (κ2) is 13.1. The summed E-state index contributed by atoms with van der Waals surface area (Å²) in [5.74, 6) is -0.283. The summed E-state index contributed by atoms with van der Waals surface area (Å²) >= 11 is 6.27. The number of sulfonamides is 1. The van der Waals surface area contributed by atoms with E-state index in [2.05, 4.69) is 5.32 Å². The van der Waals surface area contributed by atoms with Gasteiger partial charge in [0, 0.05) is 19.6 Å². The standard InChI is InChI=1S/C31H34ClN3O6S/c1-2-40-27-15-14-24(19-25(27)32)42(38,39)34-18-8-11-23(20-34)31(37)35-21-29(41-28-13-7-6-12-26(28)35)30(36)33-17-16-22-9-4-3-5-10-22/h3-7,9-10,12-15,19,23,29H,2,8,11,16-18,20-21H2,1H3,(H,33,36)/t23-,29+/m0/s1. The van der Waals surface area contributed by atoms with Gasteiger partial charge in [-0.1, -0.05) is 54.1 Å². The van der Waals surface area contributed by atoms with Gasteiger partial charge in [0.05, 0.1) is 34.7 Å². The lowest BCUT2D eigenvalue weighted by Gasteiger charge is -2.38. The van der Waals surface area contributed by atoms with Crippen LogP contribution in [0.5, 0.6) is 11.5 Å². The van der Waals surface area contributed by atoms with Gasteiger partial charge in [0.2, 0.25) is 15.9 Å². The summed E-state index contributed by atoms with van der Waals surface area (Å²) in [6.07, 6.45) is 0.830. The van der Waals surface area contributed by atoms with E-state index in [0.29, 0.717) is 56.1 Å². The van der Waals surface area contributed by atoms with E-state index in [1.165, 1.54) is 16.4 Å². The summed E-state index contributed by atoms with van der Waals surface area (Å²) in [5, 5.41) is 3.13. The summed E-state index contributed by atoms with van der Waals surface area (Å²) in [6, 6.07) is 21.3. The van der Waals surface area contributed by atoms with Crippen molar-refractivity contribution in [2.24, 2.45) is 5.92 Å². The van der Waals surface area contributed by atoms with Gasteiger partial charge in [-0.3, -0.25) is 9.59 Å². The van der Waals surface area contributed by atoms with E-state index in [9.17, 15) is 18.0 Å². The third-order valence-electron chi connectivity index (χ3n) is 7.46. The number of amides is 2. The first-order chi connectivity index (χ1) is 20.3. The van der Waals surface area contributed by atoms with Crippen molar-refractivity contribution in [2.75, 3.05) is 37.7 Å². The summed E-state index contributed by atoms with van der Waals surface area (Å²) in [5.41, 5.74) is 1.67. The number of hydrogen-bond acceptors (Lipinski definition) is 6. The Morgan fingerprint density at radius 1 is 1.05 bits per heavy atom.